The minimum Gasteiger partial charge on any atom is -0.350 e. The van der Waals surface area contributed by atoms with Crippen LogP contribution in [0, 0.1) is 0 Å². The maximum atomic E-state index is 11.6. The SMILES string of the molecule is NNc1cnc(C(=O)NCCc2ncno2)cn1. The molecule has 2 heterocycles. The summed E-state index contributed by atoms with van der Waals surface area (Å²) in [4.78, 5) is 23.2. The molecule has 2 rings (SSSR count). The molecule has 0 aromatic carbocycles. The van der Waals surface area contributed by atoms with Gasteiger partial charge in [0.15, 0.2) is 12.1 Å². The first-order valence-corrected chi connectivity index (χ1v) is 5.12. The number of carbonyl (C=O) groups excluding carboxylic acids is 1. The van der Waals surface area contributed by atoms with E-state index in [-0.39, 0.29) is 11.6 Å². The summed E-state index contributed by atoms with van der Waals surface area (Å²) in [5.74, 6) is 5.65. The molecular weight excluding hydrogens is 238 g/mol. The van der Waals surface area contributed by atoms with Crippen molar-refractivity contribution >= 4 is 11.7 Å². The fourth-order valence-corrected chi connectivity index (χ4v) is 1.20. The first-order valence-electron chi connectivity index (χ1n) is 5.12. The molecule has 0 unspecified atom stereocenters. The minimum atomic E-state index is -0.328. The van der Waals surface area contributed by atoms with Crippen molar-refractivity contribution in [2.45, 2.75) is 6.42 Å². The predicted octanol–water partition coefficient (Wildman–Crippen LogP) is -0.882. The first-order chi connectivity index (χ1) is 8.79. The lowest BCUT2D eigenvalue weighted by molar-refractivity contribution is 0.0948. The molecule has 9 nitrogen and oxygen atoms in total. The van der Waals surface area contributed by atoms with Crippen LogP contribution in [-0.4, -0.2) is 32.6 Å². The molecular formula is C9H11N7O2. The van der Waals surface area contributed by atoms with E-state index in [0.717, 1.165) is 0 Å². The Morgan fingerprint density at radius 2 is 2.22 bits per heavy atom. The molecule has 0 radical (unpaired) electrons. The Kier molecular flexibility index (Phi) is 3.76. The molecule has 0 fully saturated rings. The summed E-state index contributed by atoms with van der Waals surface area (Å²) in [6.07, 6.45) is 4.47. The number of carbonyl (C=O) groups is 1. The Morgan fingerprint density at radius 3 is 2.83 bits per heavy atom. The molecule has 4 N–H and O–H groups in total. The van der Waals surface area contributed by atoms with Gasteiger partial charge in [-0.3, -0.25) is 4.79 Å². The minimum absolute atomic E-state index is 0.208. The number of anilines is 1. The molecule has 2 aromatic rings. The molecule has 94 valence electrons. The van der Waals surface area contributed by atoms with Gasteiger partial charge in [-0.2, -0.15) is 4.98 Å². The number of hydrogen-bond donors (Lipinski definition) is 3. The van der Waals surface area contributed by atoms with Gasteiger partial charge in [-0.15, -0.1) is 0 Å². The Labute approximate surface area is 102 Å². The van der Waals surface area contributed by atoms with Gasteiger partial charge in [0.1, 0.15) is 5.69 Å². The normalized spacial score (nSPS) is 10.1. The van der Waals surface area contributed by atoms with Crippen LogP contribution < -0.4 is 16.6 Å². The lowest BCUT2D eigenvalue weighted by Crippen LogP contribution is -2.26. The number of rotatable bonds is 5. The van der Waals surface area contributed by atoms with Gasteiger partial charge >= 0.3 is 0 Å². The van der Waals surface area contributed by atoms with Crippen LogP contribution in [0.5, 0.6) is 0 Å². The van der Waals surface area contributed by atoms with Gasteiger partial charge < -0.3 is 15.3 Å². The van der Waals surface area contributed by atoms with E-state index in [2.05, 4.69) is 30.9 Å². The monoisotopic (exact) mass is 249 g/mol. The quantitative estimate of drug-likeness (QED) is 0.459. The fraction of sp³-hybridized carbons (Fsp3) is 0.222. The Balaban J connectivity index is 1.83. The van der Waals surface area contributed by atoms with Crippen LogP contribution in [0.1, 0.15) is 16.4 Å². The number of hydrogen-bond acceptors (Lipinski definition) is 8. The first kappa shape index (κ1) is 11.9. The van der Waals surface area contributed by atoms with Crippen LogP contribution in [0.25, 0.3) is 0 Å². The van der Waals surface area contributed by atoms with Crippen molar-refractivity contribution in [1.82, 2.24) is 25.4 Å². The molecule has 0 spiro atoms. The van der Waals surface area contributed by atoms with Gasteiger partial charge in [0.2, 0.25) is 5.89 Å². The zero-order valence-corrected chi connectivity index (χ0v) is 9.33. The summed E-state index contributed by atoms with van der Waals surface area (Å²) in [5.41, 5.74) is 2.53. The summed E-state index contributed by atoms with van der Waals surface area (Å²) < 4.78 is 4.79. The Hall–Kier alpha value is -2.55. The van der Waals surface area contributed by atoms with Crippen LogP contribution in [0.3, 0.4) is 0 Å². The molecule has 0 saturated heterocycles. The van der Waals surface area contributed by atoms with E-state index in [9.17, 15) is 4.79 Å². The summed E-state index contributed by atoms with van der Waals surface area (Å²) >= 11 is 0. The third kappa shape index (κ3) is 2.98. The Morgan fingerprint density at radius 1 is 1.33 bits per heavy atom. The van der Waals surface area contributed by atoms with E-state index in [0.29, 0.717) is 24.7 Å². The lowest BCUT2D eigenvalue weighted by atomic mass is 10.3. The second-order valence-corrected chi connectivity index (χ2v) is 3.27. The number of hydrazine groups is 1. The summed E-state index contributed by atoms with van der Waals surface area (Å²) in [6.45, 7) is 0.375. The fourth-order valence-electron chi connectivity index (χ4n) is 1.20. The predicted molar refractivity (Wildman–Crippen MR) is 60.2 cm³/mol. The van der Waals surface area contributed by atoms with Crippen molar-refractivity contribution in [3.05, 3.63) is 30.3 Å². The number of nitrogens with one attached hydrogen (secondary N) is 2. The van der Waals surface area contributed by atoms with Crippen molar-refractivity contribution in [3.63, 3.8) is 0 Å². The lowest BCUT2D eigenvalue weighted by Gasteiger charge is -2.03. The number of amides is 1. The smallest absolute Gasteiger partial charge is 0.271 e. The van der Waals surface area contributed by atoms with E-state index >= 15 is 0 Å². The Bertz CT molecular complexity index is 496. The van der Waals surface area contributed by atoms with Crippen LogP contribution in [0.2, 0.25) is 0 Å². The van der Waals surface area contributed by atoms with Crippen molar-refractivity contribution in [2.75, 3.05) is 12.0 Å². The number of aromatic nitrogens is 4. The molecule has 0 aliphatic rings. The van der Waals surface area contributed by atoms with Crippen LogP contribution in [-0.2, 0) is 6.42 Å². The highest BCUT2D eigenvalue weighted by Gasteiger charge is 2.08. The molecule has 2 aromatic heterocycles. The van der Waals surface area contributed by atoms with Crippen LogP contribution in [0.15, 0.2) is 23.2 Å². The number of nitrogens with zero attached hydrogens (tertiary/aromatic N) is 4. The molecule has 1 amide bonds. The van der Waals surface area contributed by atoms with Crippen molar-refractivity contribution in [2.24, 2.45) is 5.84 Å². The topological polar surface area (TPSA) is 132 Å². The molecule has 0 bridgehead atoms. The van der Waals surface area contributed by atoms with Gasteiger partial charge in [-0.1, -0.05) is 5.16 Å². The molecule has 9 heteroatoms. The average Bonchev–Trinajstić information content (AvgIpc) is 2.92. The third-order valence-electron chi connectivity index (χ3n) is 2.06. The molecule has 0 saturated carbocycles. The third-order valence-corrected chi connectivity index (χ3v) is 2.06. The second-order valence-electron chi connectivity index (χ2n) is 3.27. The van der Waals surface area contributed by atoms with Gasteiger partial charge in [0.05, 0.1) is 12.4 Å². The van der Waals surface area contributed by atoms with Crippen molar-refractivity contribution < 1.29 is 9.32 Å². The van der Waals surface area contributed by atoms with E-state index in [4.69, 9.17) is 10.4 Å². The van der Waals surface area contributed by atoms with E-state index in [1.807, 2.05) is 0 Å². The maximum absolute atomic E-state index is 11.6. The highest BCUT2D eigenvalue weighted by molar-refractivity contribution is 5.91. The van der Waals surface area contributed by atoms with Crippen LogP contribution >= 0.6 is 0 Å². The molecule has 0 aliphatic carbocycles. The standard InChI is InChI=1S/C9H11N7O2/c10-16-7-4-12-6(3-13-7)9(17)11-2-1-8-14-5-15-18-8/h3-5H,1-2,10H2,(H,11,17)(H,13,16). The van der Waals surface area contributed by atoms with Crippen LogP contribution in [0.4, 0.5) is 5.82 Å². The number of nitrogen functional groups attached to an aromatic ring is 1. The molecule has 0 atom stereocenters. The maximum Gasteiger partial charge on any atom is 0.271 e. The molecule has 0 aliphatic heterocycles. The van der Waals surface area contributed by atoms with Crippen molar-refractivity contribution in [1.29, 1.82) is 0 Å². The van der Waals surface area contributed by atoms with E-state index < -0.39 is 0 Å². The summed E-state index contributed by atoms with van der Waals surface area (Å²) in [5, 5.41) is 6.11. The average molecular weight is 249 g/mol. The van der Waals surface area contributed by atoms with Gasteiger partial charge in [0, 0.05) is 13.0 Å². The number of nitrogens with two attached hydrogens (primary N) is 1. The van der Waals surface area contributed by atoms with Gasteiger partial charge in [-0.25, -0.2) is 15.8 Å². The zero-order chi connectivity index (χ0) is 12.8. The largest absolute Gasteiger partial charge is 0.350 e. The second kappa shape index (κ2) is 5.68. The summed E-state index contributed by atoms with van der Waals surface area (Å²) in [7, 11) is 0. The van der Waals surface area contributed by atoms with Gasteiger partial charge in [0.25, 0.3) is 5.91 Å². The highest BCUT2D eigenvalue weighted by atomic mass is 16.5. The van der Waals surface area contributed by atoms with E-state index in [1.54, 1.807) is 0 Å². The molecule has 18 heavy (non-hydrogen) atoms. The highest BCUT2D eigenvalue weighted by Crippen LogP contribution is 1.99. The van der Waals surface area contributed by atoms with Crippen molar-refractivity contribution in [3.8, 4) is 0 Å². The van der Waals surface area contributed by atoms with E-state index in [1.165, 1.54) is 18.7 Å². The zero-order valence-electron chi connectivity index (χ0n) is 9.33. The summed E-state index contributed by atoms with van der Waals surface area (Å²) in [6, 6.07) is 0. The van der Waals surface area contributed by atoms with Gasteiger partial charge in [-0.05, 0) is 0 Å².